The molecule has 30 heavy (non-hydrogen) atoms. The van der Waals surface area contributed by atoms with E-state index in [-0.39, 0.29) is 12.3 Å². The summed E-state index contributed by atoms with van der Waals surface area (Å²) in [4.78, 5) is 28.0. The minimum atomic E-state index is -0.552. The van der Waals surface area contributed by atoms with Gasteiger partial charge in [0.2, 0.25) is 0 Å². The third kappa shape index (κ3) is 4.03. The number of aromatic nitrogens is 5. The zero-order chi connectivity index (χ0) is 21.1. The number of aliphatic hydroxyl groups is 1. The molecule has 3 N–H and O–H groups in total. The first-order chi connectivity index (χ1) is 14.6. The number of nitrogens with zero attached hydrogens (tertiary/aromatic N) is 4. The number of carbonyl (C=O) groups is 1. The van der Waals surface area contributed by atoms with Gasteiger partial charge >= 0.3 is 0 Å². The Morgan fingerprint density at radius 2 is 2.17 bits per heavy atom. The first-order valence-electron chi connectivity index (χ1n) is 9.31. The number of amides is 1. The maximum Gasteiger partial charge on any atom is 0.270 e. The van der Waals surface area contributed by atoms with Gasteiger partial charge in [0.15, 0.2) is 11.6 Å². The quantitative estimate of drug-likeness (QED) is 0.427. The number of hydrogen-bond acceptors (Lipinski definition) is 7. The van der Waals surface area contributed by atoms with Crippen LogP contribution in [0.1, 0.15) is 40.5 Å². The van der Waals surface area contributed by atoms with Gasteiger partial charge in [-0.2, -0.15) is 0 Å². The van der Waals surface area contributed by atoms with Crippen LogP contribution in [-0.2, 0) is 13.1 Å². The Balaban J connectivity index is 1.49. The highest BCUT2D eigenvalue weighted by Gasteiger charge is 2.19. The first-order valence-corrected chi connectivity index (χ1v) is 9.31. The number of hydrogen-bond donors (Lipinski definition) is 3. The fraction of sp³-hybridized carbons (Fsp3) is 0.250. The highest BCUT2D eigenvalue weighted by Crippen LogP contribution is 2.24. The molecule has 3 aromatic heterocycles. The number of alkyl halides is 1. The largest absolute Gasteiger partial charge is 0.396 e. The van der Waals surface area contributed by atoms with E-state index in [1.165, 1.54) is 12.4 Å². The Kier molecular flexibility index (Phi) is 5.48. The molecule has 0 aliphatic carbocycles. The highest BCUT2D eigenvalue weighted by molar-refractivity contribution is 5.92. The van der Waals surface area contributed by atoms with Gasteiger partial charge in [0.25, 0.3) is 5.91 Å². The van der Waals surface area contributed by atoms with E-state index < -0.39 is 18.6 Å². The van der Waals surface area contributed by atoms with Crippen molar-refractivity contribution in [1.82, 2.24) is 30.4 Å². The minimum absolute atomic E-state index is 0.0633. The summed E-state index contributed by atoms with van der Waals surface area (Å²) in [6, 6.07) is 7.85. The SMILES string of the molecule is C[C@@H](NC(=O)c1cc(CCO)ncn1)c1cc(-c2nc3ccc(CF)cc3[nH]2)no1. The molecule has 1 aromatic carbocycles. The third-order valence-electron chi connectivity index (χ3n) is 4.57. The monoisotopic (exact) mass is 410 g/mol. The van der Waals surface area contributed by atoms with Crippen molar-refractivity contribution in [2.75, 3.05) is 6.61 Å². The maximum absolute atomic E-state index is 12.8. The lowest BCUT2D eigenvalue weighted by atomic mass is 10.2. The molecule has 0 radical (unpaired) electrons. The van der Waals surface area contributed by atoms with E-state index in [1.807, 2.05) is 0 Å². The van der Waals surface area contributed by atoms with Gasteiger partial charge in [-0.25, -0.2) is 19.3 Å². The summed E-state index contributed by atoms with van der Waals surface area (Å²) in [6.45, 7) is 1.14. The average molecular weight is 410 g/mol. The Labute approximate surface area is 170 Å². The molecular weight excluding hydrogens is 391 g/mol. The van der Waals surface area contributed by atoms with Gasteiger partial charge in [0.05, 0.1) is 17.1 Å². The molecule has 1 atom stereocenters. The number of fused-ring (bicyclic) bond motifs is 1. The number of rotatable bonds is 7. The number of halogens is 1. The molecule has 4 rings (SSSR count). The van der Waals surface area contributed by atoms with E-state index in [9.17, 15) is 9.18 Å². The van der Waals surface area contributed by atoms with E-state index in [2.05, 4.69) is 30.4 Å². The first kappa shape index (κ1) is 19.6. The van der Waals surface area contributed by atoms with Crippen molar-refractivity contribution < 1.29 is 18.8 Å². The van der Waals surface area contributed by atoms with Crippen LogP contribution in [0.2, 0.25) is 0 Å². The molecule has 0 unspecified atom stereocenters. The van der Waals surface area contributed by atoms with Gasteiger partial charge in [0, 0.05) is 24.8 Å². The van der Waals surface area contributed by atoms with Crippen LogP contribution >= 0.6 is 0 Å². The summed E-state index contributed by atoms with van der Waals surface area (Å²) in [5, 5.41) is 15.8. The van der Waals surface area contributed by atoms with Crippen molar-refractivity contribution >= 4 is 16.9 Å². The summed E-state index contributed by atoms with van der Waals surface area (Å²) in [7, 11) is 0. The number of aromatic amines is 1. The standard InChI is InChI=1S/C20H19FN6O3/c1-11(24-20(29)17-7-13(4-5-28)22-10-23-17)18-8-16(27-30-18)19-25-14-3-2-12(9-21)6-15(14)26-19/h2-3,6-8,10-11,28H,4-5,9H2,1H3,(H,24,29)(H,25,26)/t11-/m1/s1. The van der Waals surface area contributed by atoms with Gasteiger partial charge in [-0.05, 0) is 30.7 Å². The van der Waals surface area contributed by atoms with Crippen LogP contribution in [0.5, 0.6) is 0 Å². The molecule has 1 amide bonds. The molecule has 154 valence electrons. The molecule has 4 aromatic rings. The van der Waals surface area contributed by atoms with E-state index in [0.29, 0.717) is 46.0 Å². The fourth-order valence-corrected chi connectivity index (χ4v) is 2.98. The van der Waals surface area contributed by atoms with Crippen LogP contribution in [0.3, 0.4) is 0 Å². The van der Waals surface area contributed by atoms with Gasteiger partial charge in [-0.1, -0.05) is 11.2 Å². The smallest absolute Gasteiger partial charge is 0.270 e. The summed E-state index contributed by atoms with van der Waals surface area (Å²) in [6.07, 6.45) is 1.63. The molecule has 0 aliphatic rings. The Bertz CT molecular complexity index is 1190. The Morgan fingerprint density at radius 3 is 2.97 bits per heavy atom. The lowest BCUT2D eigenvalue weighted by Crippen LogP contribution is -2.27. The number of imidazole rings is 1. The Hall–Kier alpha value is -3.66. The van der Waals surface area contributed by atoms with Gasteiger partial charge < -0.3 is 19.9 Å². The molecule has 0 spiro atoms. The molecule has 0 saturated heterocycles. The van der Waals surface area contributed by atoms with Crippen LogP contribution < -0.4 is 5.32 Å². The van der Waals surface area contributed by atoms with E-state index in [1.54, 1.807) is 31.2 Å². The number of H-pyrrole nitrogens is 1. The van der Waals surface area contributed by atoms with Crippen LogP contribution in [-0.4, -0.2) is 42.7 Å². The summed E-state index contributed by atoms with van der Waals surface area (Å²) >= 11 is 0. The average Bonchev–Trinajstić information content (AvgIpc) is 3.40. The van der Waals surface area contributed by atoms with E-state index in [0.717, 1.165) is 0 Å². The van der Waals surface area contributed by atoms with Crippen molar-refractivity contribution in [1.29, 1.82) is 0 Å². The normalized spacial score (nSPS) is 12.2. The lowest BCUT2D eigenvalue weighted by Gasteiger charge is -2.10. The Morgan fingerprint density at radius 1 is 1.30 bits per heavy atom. The second kappa shape index (κ2) is 8.37. The van der Waals surface area contributed by atoms with Crippen molar-refractivity contribution in [2.45, 2.75) is 26.1 Å². The van der Waals surface area contributed by atoms with Crippen LogP contribution in [0.25, 0.3) is 22.6 Å². The molecular formula is C20H19FN6O3. The van der Waals surface area contributed by atoms with Crippen LogP contribution in [0.15, 0.2) is 41.2 Å². The number of carbonyl (C=O) groups excluding carboxylic acids is 1. The summed E-state index contributed by atoms with van der Waals surface area (Å²) in [5.74, 6) is 0.524. The van der Waals surface area contributed by atoms with Crippen LogP contribution in [0.4, 0.5) is 4.39 Å². The molecule has 3 heterocycles. The van der Waals surface area contributed by atoms with Crippen molar-refractivity contribution in [3.8, 4) is 11.5 Å². The molecule has 9 nitrogen and oxygen atoms in total. The predicted octanol–water partition coefficient (Wildman–Crippen LogP) is 2.50. The maximum atomic E-state index is 12.8. The van der Waals surface area contributed by atoms with E-state index in [4.69, 9.17) is 9.63 Å². The highest BCUT2D eigenvalue weighted by atomic mass is 19.1. The van der Waals surface area contributed by atoms with E-state index >= 15 is 0 Å². The summed E-state index contributed by atoms with van der Waals surface area (Å²) in [5.41, 5.74) is 3.19. The van der Waals surface area contributed by atoms with Crippen molar-refractivity contribution in [3.63, 3.8) is 0 Å². The molecule has 0 fully saturated rings. The number of aliphatic hydroxyl groups excluding tert-OH is 1. The topological polar surface area (TPSA) is 130 Å². The lowest BCUT2D eigenvalue weighted by molar-refractivity contribution is 0.0928. The molecule has 0 aliphatic heterocycles. The van der Waals surface area contributed by atoms with Crippen molar-refractivity contribution in [2.24, 2.45) is 0 Å². The van der Waals surface area contributed by atoms with Gasteiger partial charge in [-0.15, -0.1) is 0 Å². The van der Waals surface area contributed by atoms with Gasteiger partial charge in [-0.3, -0.25) is 4.79 Å². The van der Waals surface area contributed by atoms with Crippen molar-refractivity contribution in [3.05, 3.63) is 59.4 Å². The fourth-order valence-electron chi connectivity index (χ4n) is 2.98. The third-order valence-corrected chi connectivity index (χ3v) is 4.57. The number of nitrogens with one attached hydrogen (secondary N) is 2. The molecule has 0 bridgehead atoms. The molecule has 0 saturated carbocycles. The second-order valence-corrected chi connectivity index (χ2v) is 6.75. The second-order valence-electron chi connectivity index (χ2n) is 6.75. The molecule has 10 heteroatoms. The summed E-state index contributed by atoms with van der Waals surface area (Å²) < 4.78 is 18.2. The number of benzene rings is 1. The minimum Gasteiger partial charge on any atom is -0.396 e. The van der Waals surface area contributed by atoms with Gasteiger partial charge in [0.1, 0.15) is 24.4 Å². The van der Waals surface area contributed by atoms with Crippen LogP contribution in [0, 0.1) is 0 Å². The zero-order valence-electron chi connectivity index (χ0n) is 16.1. The predicted molar refractivity (Wildman–Crippen MR) is 105 cm³/mol. The zero-order valence-corrected chi connectivity index (χ0v) is 16.1.